The molecule has 0 unspecified atom stereocenters. The van der Waals surface area contributed by atoms with Gasteiger partial charge in [0.1, 0.15) is 0 Å². The van der Waals surface area contributed by atoms with Crippen LogP contribution in [0.3, 0.4) is 0 Å². The molecule has 0 aliphatic heterocycles. The fraction of sp³-hybridized carbons (Fsp3) is 0.171. The summed E-state index contributed by atoms with van der Waals surface area (Å²) in [5, 5.41) is 5.83. The summed E-state index contributed by atoms with van der Waals surface area (Å²) in [6, 6.07) is 23.2. The standard InChI is InChI=1S/C35H35N7O3/c1-22(2)20-42(34(44)24-10-6-5-7-11-24)31-14-8-13-27(23(31)3)30-21-41(4)35(45)32(40-30)38-25-15-16-28(29(36)18-25)33(43)39-26-12-9-17-37-19-26/h5-19,21-22H,20,36H2,1-4H3,(H,38,40)(H,39,43). The first-order valence-electron chi connectivity index (χ1n) is 14.5. The van der Waals surface area contributed by atoms with E-state index < -0.39 is 0 Å². The van der Waals surface area contributed by atoms with E-state index in [1.165, 1.54) is 4.57 Å². The van der Waals surface area contributed by atoms with E-state index >= 15 is 0 Å². The number of carbonyl (C=O) groups is 2. The highest BCUT2D eigenvalue weighted by atomic mass is 16.2. The molecule has 10 nitrogen and oxygen atoms in total. The van der Waals surface area contributed by atoms with Gasteiger partial charge < -0.3 is 25.8 Å². The molecule has 5 aromatic rings. The average Bonchev–Trinajstić information content (AvgIpc) is 3.03. The van der Waals surface area contributed by atoms with Gasteiger partial charge in [-0.15, -0.1) is 0 Å². The van der Waals surface area contributed by atoms with Crippen LogP contribution < -0.4 is 26.8 Å². The third-order valence-corrected chi connectivity index (χ3v) is 7.24. The Morgan fingerprint density at radius 2 is 1.76 bits per heavy atom. The van der Waals surface area contributed by atoms with Gasteiger partial charge in [0.2, 0.25) is 0 Å². The van der Waals surface area contributed by atoms with Gasteiger partial charge in [-0.25, -0.2) is 4.98 Å². The van der Waals surface area contributed by atoms with Crippen molar-refractivity contribution >= 4 is 40.4 Å². The zero-order chi connectivity index (χ0) is 32.1. The highest BCUT2D eigenvalue weighted by molar-refractivity contribution is 6.08. The van der Waals surface area contributed by atoms with E-state index in [4.69, 9.17) is 10.7 Å². The van der Waals surface area contributed by atoms with Crippen LogP contribution in [-0.4, -0.2) is 32.9 Å². The molecule has 0 aliphatic carbocycles. The van der Waals surface area contributed by atoms with E-state index in [1.807, 2.05) is 55.5 Å². The van der Waals surface area contributed by atoms with Crippen molar-refractivity contribution in [1.82, 2.24) is 14.5 Å². The smallest absolute Gasteiger partial charge is 0.293 e. The third kappa shape index (κ3) is 6.91. The van der Waals surface area contributed by atoms with Crippen molar-refractivity contribution in [1.29, 1.82) is 0 Å². The molecule has 45 heavy (non-hydrogen) atoms. The van der Waals surface area contributed by atoms with Crippen molar-refractivity contribution in [3.63, 3.8) is 0 Å². The van der Waals surface area contributed by atoms with E-state index in [1.54, 1.807) is 60.9 Å². The highest BCUT2D eigenvalue weighted by Gasteiger charge is 2.22. The van der Waals surface area contributed by atoms with Crippen molar-refractivity contribution in [2.75, 3.05) is 27.8 Å². The number of aryl methyl sites for hydroxylation is 1. The molecule has 0 aliphatic rings. The van der Waals surface area contributed by atoms with E-state index in [2.05, 4.69) is 29.5 Å². The van der Waals surface area contributed by atoms with E-state index in [-0.39, 0.29) is 40.4 Å². The number of hydrogen-bond donors (Lipinski definition) is 3. The summed E-state index contributed by atoms with van der Waals surface area (Å²) in [7, 11) is 1.65. The molecule has 2 aromatic heterocycles. The molecular formula is C35H35N7O3. The second-order valence-corrected chi connectivity index (χ2v) is 11.1. The minimum atomic E-state index is -0.379. The van der Waals surface area contributed by atoms with Crippen LogP contribution in [0, 0.1) is 12.8 Å². The number of aromatic nitrogens is 3. The Balaban J connectivity index is 1.46. The van der Waals surface area contributed by atoms with Gasteiger partial charge in [-0.1, -0.05) is 44.2 Å². The molecule has 3 aromatic carbocycles. The van der Waals surface area contributed by atoms with Crippen molar-refractivity contribution < 1.29 is 9.59 Å². The topological polar surface area (TPSA) is 135 Å². The van der Waals surface area contributed by atoms with Crippen LogP contribution in [-0.2, 0) is 7.05 Å². The summed E-state index contributed by atoms with van der Waals surface area (Å²) in [5.74, 6) is -0.148. The van der Waals surface area contributed by atoms with Gasteiger partial charge >= 0.3 is 0 Å². The van der Waals surface area contributed by atoms with Crippen LogP contribution in [0.15, 0.2) is 102 Å². The fourth-order valence-corrected chi connectivity index (χ4v) is 5.02. The third-order valence-electron chi connectivity index (χ3n) is 7.24. The van der Waals surface area contributed by atoms with Crippen molar-refractivity contribution in [2.24, 2.45) is 13.0 Å². The van der Waals surface area contributed by atoms with Gasteiger partial charge in [-0.3, -0.25) is 19.4 Å². The zero-order valence-corrected chi connectivity index (χ0v) is 25.6. The number of benzene rings is 3. The lowest BCUT2D eigenvalue weighted by Crippen LogP contribution is -2.34. The molecule has 2 heterocycles. The number of pyridine rings is 1. The van der Waals surface area contributed by atoms with E-state index in [0.717, 1.165) is 16.8 Å². The van der Waals surface area contributed by atoms with Gasteiger partial charge in [0.05, 0.1) is 23.1 Å². The quantitative estimate of drug-likeness (QED) is 0.176. The highest BCUT2D eigenvalue weighted by Crippen LogP contribution is 2.32. The number of rotatable bonds is 9. The number of nitrogens with zero attached hydrogens (tertiary/aromatic N) is 4. The van der Waals surface area contributed by atoms with Crippen molar-refractivity contribution in [3.8, 4) is 11.3 Å². The maximum absolute atomic E-state index is 13.6. The van der Waals surface area contributed by atoms with Crippen LogP contribution in [0.1, 0.15) is 40.1 Å². The summed E-state index contributed by atoms with van der Waals surface area (Å²) in [6.45, 7) is 6.63. The second-order valence-electron chi connectivity index (χ2n) is 11.1. The largest absolute Gasteiger partial charge is 0.398 e. The molecule has 228 valence electrons. The zero-order valence-electron chi connectivity index (χ0n) is 25.6. The van der Waals surface area contributed by atoms with Gasteiger partial charge in [0, 0.05) is 54.2 Å². The Labute approximate surface area is 261 Å². The average molecular weight is 602 g/mol. The molecule has 2 amide bonds. The van der Waals surface area contributed by atoms with Gasteiger partial charge in [-0.2, -0.15) is 0 Å². The van der Waals surface area contributed by atoms with Crippen molar-refractivity contribution in [3.05, 3.63) is 124 Å². The summed E-state index contributed by atoms with van der Waals surface area (Å²) < 4.78 is 1.46. The molecule has 0 radical (unpaired) electrons. The normalized spacial score (nSPS) is 10.9. The van der Waals surface area contributed by atoms with Crippen LogP contribution in [0.2, 0.25) is 0 Å². The Morgan fingerprint density at radius 3 is 2.44 bits per heavy atom. The number of anilines is 5. The number of nitrogens with one attached hydrogen (secondary N) is 2. The monoisotopic (exact) mass is 601 g/mol. The molecule has 0 atom stereocenters. The number of hydrogen-bond acceptors (Lipinski definition) is 7. The number of nitrogen functional groups attached to an aromatic ring is 1. The molecule has 0 bridgehead atoms. The first-order valence-corrected chi connectivity index (χ1v) is 14.5. The van der Waals surface area contributed by atoms with Crippen LogP contribution in [0.5, 0.6) is 0 Å². The van der Waals surface area contributed by atoms with Crippen LogP contribution in [0.4, 0.5) is 28.6 Å². The Bertz CT molecular complexity index is 1900. The molecule has 0 saturated carbocycles. The van der Waals surface area contributed by atoms with Crippen LogP contribution >= 0.6 is 0 Å². The first-order chi connectivity index (χ1) is 21.6. The molecule has 4 N–H and O–H groups in total. The van der Waals surface area contributed by atoms with E-state index in [9.17, 15) is 14.4 Å². The Morgan fingerprint density at radius 1 is 0.978 bits per heavy atom. The molecule has 5 rings (SSSR count). The maximum Gasteiger partial charge on any atom is 0.293 e. The molecular weight excluding hydrogens is 566 g/mol. The maximum atomic E-state index is 13.6. The molecule has 0 spiro atoms. The predicted octanol–water partition coefficient (Wildman–Crippen LogP) is 6.03. The van der Waals surface area contributed by atoms with Gasteiger partial charge in [0.25, 0.3) is 17.4 Å². The lowest BCUT2D eigenvalue weighted by atomic mass is 10.0. The van der Waals surface area contributed by atoms with Crippen molar-refractivity contribution in [2.45, 2.75) is 20.8 Å². The Kier molecular flexibility index (Phi) is 9.04. The minimum absolute atomic E-state index is 0.0875. The number of amides is 2. The SMILES string of the molecule is Cc1c(-c2cn(C)c(=O)c(Nc3ccc(C(=O)Nc4cccnc4)c(N)c3)n2)cccc1N(CC(C)C)C(=O)c1ccccc1. The summed E-state index contributed by atoms with van der Waals surface area (Å²) in [5.41, 5.74) is 11.0. The Hall–Kier alpha value is -5.77. The van der Waals surface area contributed by atoms with Gasteiger partial charge in [-0.05, 0) is 66.9 Å². The van der Waals surface area contributed by atoms with E-state index in [0.29, 0.717) is 29.2 Å². The fourth-order valence-electron chi connectivity index (χ4n) is 5.02. The predicted molar refractivity (Wildman–Crippen MR) is 179 cm³/mol. The lowest BCUT2D eigenvalue weighted by Gasteiger charge is -2.27. The number of carbonyl (C=O) groups excluding carboxylic acids is 2. The summed E-state index contributed by atoms with van der Waals surface area (Å²) >= 11 is 0. The summed E-state index contributed by atoms with van der Waals surface area (Å²) in [6.07, 6.45) is 4.83. The molecule has 0 saturated heterocycles. The summed E-state index contributed by atoms with van der Waals surface area (Å²) in [4.78, 5) is 50.0. The van der Waals surface area contributed by atoms with Gasteiger partial charge in [0.15, 0.2) is 5.82 Å². The van der Waals surface area contributed by atoms with Crippen LogP contribution in [0.25, 0.3) is 11.3 Å². The molecule has 10 heteroatoms. The first kappa shape index (κ1) is 30.7. The lowest BCUT2D eigenvalue weighted by molar-refractivity contribution is 0.0982. The second kappa shape index (κ2) is 13.3. The minimum Gasteiger partial charge on any atom is -0.398 e. The molecule has 0 fully saturated rings. The number of nitrogens with two attached hydrogens (primary N) is 1.